The molecule has 6 nitrogen and oxygen atoms in total. The molecule has 3 rings (SSSR count). The van der Waals surface area contributed by atoms with Crippen LogP contribution in [0.2, 0.25) is 0 Å². The van der Waals surface area contributed by atoms with Crippen molar-refractivity contribution >= 4 is 33.1 Å². The van der Waals surface area contributed by atoms with Crippen molar-refractivity contribution in [1.29, 1.82) is 0 Å². The Morgan fingerprint density at radius 2 is 2.24 bits per heavy atom. The first-order valence-electron chi connectivity index (χ1n) is 6.75. The third-order valence-corrected chi connectivity index (χ3v) is 3.91. The van der Waals surface area contributed by atoms with Crippen molar-refractivity contribution < 1.29 is 4.79 Å². The molecule has 0 aliphatic carbocycles. The number of H-pyrrole nitrogens is 1. The summed E-state index contributed by atoms with van der Waals surface area (Å²) >= 11 is 1.60. The number of aromatic nitrogens is 4. The normalized spacial score (nSPS) is 11.0. The van der Waals surface area contributed by atoms with Crippen LogP contribution in [-0.2, 0) is 6.42 Å². The summed E-state index contributed by atoms with van der Waals surface area (Å²) in [6.45, 7) is 4.01. The third-order valence-electron chi connectivity index (χ3n) is 2.97. The van der Waals surface area contributed by atoms with E-state index in [0.717, 1.165) is 39.6 Å². The van der Waals surface area contributed by atoms with E-state index in [1.54, 1.807) is 11.3 Å². The lowest BCUT2D eigenvalue weighted by Crippen LogP contribution is -2.13. The van der Waals surface area contributed by atoms with E-state index in [0.29, 0.717) is 0 Å². The van der Waals surface area contributed by atoms with Crippen molar-refractivity contribution in [3.63, 3.8) is 0 Å². The number of fused-ring (bicyclic) bond motifs is 1. The first kappa shape index (κ1) is 13.7. The van der Waals surface area contributed by atoms with Crippen molar-refractivity contribution in [2.75, 3.05) is 5.32 Å². The molecule has 0 unspecified atom stereocenters. The van der Waals surface area contributed by atoms with Crippen molar-refractivity contribution in [2.45, 2.75) is 26.7 Å². The molecule has 1 aromatic carbocycles. The molecule has 21 heavy (non-hydrogen) atoms. The number of anilines is 1. The third kappa shape index (κ3) is 2.92. The molecular weight excluding hydrogens is 286 g/mol. The Kier molecular flexibility index (Phi) is 3.66. The number of amides is 1. The Morgan fingerprint density at radius 1 is 1.38 bits per heavy atom. The molecule has 1 amide bonds. The van der Waals surface area contributed by atoms with Gasteiger partial charge in [-0.15, -0.1) is 16.4 Å². The summed E-state index contributed by atoms with van der Waals surface area (Å²) in [4.78, 5) is 20.7. The van der Waals surface area contributed by atoms with E-state index in [1.165, 1.54) is 0 Å². The van der Waals surface area contributed by atoms with E-state index in [1.807, 2.05) is 25.1 Å². The minimum atomic E-state index is -0.311. The zero-order chi connectivity index (χ0) is 14.8. The summed E-state index contributed by atoms with van der Waals surface area (Å²) in [6.07, 6.45) is 1.74. The van der Waals surface area contributed by atoms with Crippen LogP contribution < -0.4 is 5.32 Å². The number of carbonyl (C=O) groups excluding carboxylic acids is 1. The number of aryl methyl sites for hydroxylation is 2. The molecule has 3 aromatic rings. The highest BCUT2D eigenvalue weighted by molar-refractivity contribution is 7.18. The van der Waals surface area contributed by atoms with Crippen LogP contribution >= 0.6 is 11.3 Å². The number of carbonyl (C=O) groups is 1. The van der Waals surface area contributed by atoms with Gasteiger partial charge < -0.3 is 5.32 Å². The van der Waals surface area contributed by atoms with Crippen LogP contribution in [0.1, 0.15) is 34.8 Å². The SMILES string of the molecule is CCCc1nc(C(=O)Nc2ccc3nc(C)sc3c2)n[nH]1. The second-order valence-corrected chi connectivity index (χ2v) is 5.96. The average Bonchev–Trinajstić information content (AvgIpc) is 3.04. The fourth-order valence-electron chi connectivity index (χ4n) is 2.05. The summed E-state index contributed by atoms with van der Waals surface area (Å²) in [5, 5.41) is 10.5. The predicted molar refractivity (Wildman–Crippen MR) is 82.7 cm³/mol. The summed E-state index contributed by atoms with van der Waals surface area (Å²) in [5.41, 5.74) is 1.66. The number of benzene rings is 1. The van der Waals surface area contributed by atoms with Crippen molar-refractivity contribution in [2.24, 2.45) is 0 Å². The molecule has 0 saturated heterocycles. The molecule has 2 N–H and O–H groups in total. The van der Waals surface area contributed by atoms with E-state index in [4.69, 9.17) is 0 Å². The topological polar surface area (TPSA) is 83.6 Å². The van der Waals surface area contributed by atoms with Crippen molar-refractivity contribution in [1.82, 2.24) is 20.2 Å². The van der Waals surface area contributed by atoms with E-state index in [2.05, 4.69) is 32.4 Å². The van der Waals surface area contributed by atoms with E-state index in [9.17, 15) is 4.79 Å². The van der Waals surface area contributed by atoms with Gasteiger partial charge in [0.05, 0.1) is 15.2 Å². The van der Waals surface area contributed by atoms with Gasteiger partial charge in [-0.2, -0.15) is 0 Å². The van der Waals surface area contributed by atoms with Gasteiger partial charge >= 0.3 is 0 Å². The van der Waals surface area contributed by atoms with Gasteiger partial charge in [-0.25, -0.2) is 9.97 Å². The minimum absolute atomic E-state index is 0.166. The lowest BCUT2D eigenvalue weighted by Gasteiger charge is -2.01. The molecule has 0 saturated carbocycles. The maximum absolute atomic E-state index is 12.1. The molecule has 0 aliphatic rings. The number of nitrogens with one attached hydrogen (secondary N) is 2. The summed E-state index contributed by atoms with van der Waals surface area (Å²) < 4.78 is 1.05. The summed E-state index contributed by atoms with van der Waals surface area (Å²) in [7, 11) is 0. The Morgan fingerprint density at radius 3 is 3.05 bits per heavy atom. The first-order valence-corrected chi connectivity index (χ1v) is 7.57. The number of rotatable bonds is 4. The molecule has 0 atom stereocenters. The van der Waals surface area contributed by atoms with E-state index >= 15 is 0 Å². The van der Waals surface area contributed by atoms with Crippen LogP contribution in [0.15, 0.2) is 18.2 Å². The van der Waals surface area contributed by atoms with Gasteiger partial charge in [-0.3, -0.25) is 9.89 Å². The molecule has 0 fully saturated rings. The van der Waals surface area contributed by atoms with Crippen molar-refractivity contribution in [3.8, 4) is 0 Å². The van der Waals surface area contributed by atoms with Crippen LogP contribution in [0, 0.1) is 6.92 Å². The van der Waals surface area contributed by atoms with Gasteiger partial charge in [-0.1, -0.05) is 6.92 Å². The van der Waals surface area contributed by atoms with Gasteiger partial charge in [0, 0.05) is 12.1 Å². The molecule has 0 aliphatic heterocycles. The van der Waals surface area contributed by atoms with Crippen LogP contribution in [0.25, 0.3) is 10.2 Å². The van der Waals surface area contributed by atoms with E-state index in [-0.39, 0.29) is 11.7 Å². The zero-order valence-corrected chi connectivity index (χ0v) is 12.6. The highest BCUT2D eigenvalue weighted by Gasteiger charge is 2.13. The Balaban J connectivity index is 1.78. The number of hydrogen-bond acceptors (Lipinski definition) is 5. The second kappa shape index (κ2) is 5.61. The van der Waals surface area contributed by atoms with Crippen LogP contribution in [-0.4, -0.2) is 26.1 Å². The molecule has 2 aromatic heterocycles. The lowest BCUT2D eigenvalue weighted by molar-refractivity contribution is 0.101. The molecule has 0 bridgehead atoms. The smallest absolute Gasteiger partial charge is 0.295 e. The summed E-state index contributed by atoms with van der Waals surface area (Å²) in [5.74, 6) is 0.587. The number of hydrogen-bond donors (Lipinski definition) is 2. The average molecular weight is 301 g/mol. The second-order valence-electron chi connectivity index (χ2n) is 4.73. The summed E-state index contributed by atoms with van der Waals surface area (Å²) in [6, 6.07) is 5.64. The van der Waals surface area contributed by atoms with Crippen LogP contribution in [0.4, 0.5) is 5.69 Å². The monoisotopic (exact) mass is 301 g/mol. The standard InChI is InChI=1S/C14H15N5OS/c1-3-4-12-17-13(19-18-12)14(20)16-9-5-6-10-11(7-9)21-8(2)15-10/h5-7H,3-4H2,1-2H3,(H,16,20)(H,17,18,19). The van der Waals surface area contributed by atoms with Gasteiger partial charge in [-0.05, 0) is 31.5 Å². The molecular formula is C14H15N5OS. The lowest BCUT2D eigenvalue weighted by atomic mass is 10.3. The largest absolute Gasteiger partial charge is 0.319 e. The number of aromatic amines is 1. The number of thiazole rings is 1. The zero-order valence-electron chi connectivity index (χ0n) is 11.8. The fourth-order valence-corrected chi connectivity index (χ4v) is 2.92. The van der Waals surface area contributed by atoms with Gasteiger partial charge in [0.15, 0.2) is 0 Å². The first-order chi connectivity index (χ1) is 10.2. The van der Waals surface area contributed by atoms with Gasteiger partial charge in [0.25, 0.3) is 5.91 Å². The van der Waals surface area contributed by atoms with Gasteiger partial charge in [0.2, 0.25) is 5.82 Å². The molecule has 0 radical (unpaired) electrons. The highest BCUT2D eigenvalue weighted by Crippen LogP contribution is 2.24. The molecule has 0 spiro atoms. The van der Waals surface area contributed by atoms with Crippen molar-refractivity contribution in [3.05, 3.63) is 34.9 Å². The molecule has 7 heteroatoms. The predicted octanol–water partition coefficient (Wildman–Crippen LogP) is 2.93. The Hall–Kier alpha value is -2.28. The number of nitrogens with zero attached hydrogens (tertiary/aromatic N) is 3. The maximum Gasteiger partial charge on any atom is 0.295 e. The minimum Gasteiger partial charge on any atom is -0.319 e. The maximum atomic E-state index is 12.1. The Bertz CT molecular complexity index is 792. The quantitative estimate of drug-likeness (QED) is 0.776. The van der Waals surface area contributed by atoms with Crippen LogP contribution in [0.3, 0.4) is 0 Å². The van der Waals surface area contributed by atoms with Gasteiger partial charge in [0.1, 0.15) is 5.82 Å². The van der Waals surface area contributed by atoms with Crippen LogP contribution in [0.5, 0.6) is 0 Å². The fraction of sp³-hybridized carbons (Fsp3) is 0.286. The molecule has 2 heterocycles. The highest BCUT2D eigenvalue weighted by atomic mass is 32.1. The molecule has 108 valence electrons. The Labute approximate surface area is 125 Å². The van der Waals surface area contributed by atoms with E-state index < -0.39 is 0 Å².